The highest BCUT2D eigenvalue weighted by molar-refractivity contribution is 9.12. The molecule has 21 heavy (non-hydrogen) atoms. The van der Waals surface area contributed by atoms with Gasteiger partial charge in [0.2, 0.25) is 0 Å². The van der Waals surface area contributed by atoms with E-state index in [9.17, 15) is 9.90 Å². The van der Waals surface area contributed by atoms with Crippen LogP contribution in [0.4, 0.5) is 0 Å². The van der Waals surface area contributed by atoms with Gasteiger partial charge in [0.1, 0.15) is 11.5 Å². The van der Waals surface area contributed by atoms with Crippen LogP contribution in [-0.2, 0) is 0 Å². The molecule has 0 fully saturated rings. The van der Waals surface area contributed by atoms with Gasteiger partial charge in [0.25, 0.3) is 0 Å². The number of benzene rings is 2. The molecular weight excluding hydrogens is 400 g/mol. The van der Waals surface area contributed by atoms with Crippen LogP contribution in [0.15, 0.2) is 48.5 Å². The fourth-order valence-electron chi connectivity index (χ4n) is 1.92. The summed E-state index contributed by atoms with van der Waals surface area (Å²) in [6.07, 6.45) is 0. The maximum absolute atomic E-state index is 12.4. The molecule has 2 atom stereocenters. The summed E-state index contributed by atoms with van der Waals surface area (Å²) in [6, 6.07) is 14.0. The largest absolute Gasteiger partial charge is 0.507 e. The number of ketones is 1. The van der Waals surface area contributed by atoms with Gasteiger partial charge in [-0.25, -0.2) is 0 Å². The van der Waals surface area contributed by atoms with Gasteiger partial charge in [0.15, 0.2) is 5.78 Å². The van der Waals surface area contributed by atoms with E-state index < -0.39 is 4.83 Å². The number of phenols is 1. The fraction of sp³-hybridized carbons (Fsp3) is 0.188. The summed E-state index contributed by atoms with van der Waals surface area (Å²) >= 11 is 6.94. The number of hydrogen-bond donors (Lipinski definition) is 1. The quantitative estimate of drug-likeness (QED) is 0.580. The molecule has 0 aliphatic heterocycles. The van der Waals surface area contributed by atoms with Crippen molar-refractivity contribution in [1.29, 1.82) is 0 Å². The summed E-state index contributed by atoms with van der Waals surface area (Å²) in [7, 11) is 1.61. The standard InChI is InChI=1S/C16H14Br2O3/c1-21-11-8-6-10(7-9-11)14(17)15(18)16(20)12-4-2-3-5-13(12)19/h2-9,14-15,19H,1H3/t14-,15+/m1/s1. The predicted molar refractivity (Wildman–Crippen MR) is 89.8 cm³/mol. The second-order valence-electron chi connectivity index (χ2n) is 4.46. The number of carbonyl (C=O) groups excluding carboxylic acids is 1. The van der Waals surface area contributed by atoms with Gasteiger partial charge in [-0.05, 0) is 29.8 Å². The second-order valence-corrected chi connectivity index (χ2v) is 6.43. The van der Waals surface area contributed by atoms with Gasteiger partial charge >= 0.3 is 0 Å². The topological polar surface area (TPSA) is 46.5 Å². The molecule has 0 aliphatic carbocycles. The molecule has 0 amide bonds. The first-order chi connectivity index (χ1) is 10.0. The number of ether oxygens (including phenoxy) is 1. The number of carbonyl (C=O) groups is 1. The van der Waals surface area contributed by atoms with E-state index in [4.69, 9.17) is 4.74 Å². The van der Waals surface area contributed by atoms with E-state index in [-0.39, 0.29) is 16.4 Å². The Hall–Kier alpha value is -1.33. The van der Waals surface area contributed by atoms with E-state index in [1.165, 1.54) is 6.07 Å². The number of methoxy groups -OCH3 is 1. The van der Waals surface area contributed by atoms with E-state index in [0.29, 0.717) is 5.56 Å². The van der Waals surface area contributed by atoms with Gasteiger partial charge in [-0.3, -0.25) is 4.79 Å². The second kappa shape index (κ2) is 7.09. The summed E-state index contributed by atoms with van der Waals surface area (Å²) in [5.41, 5.74) is 1.25. The Morgan fingerprint density at radius 1 is 1.10 bits per heavy atom. The number of aromatic hydroxyl groups is 1. The highest BCUT2D eigenvalue weighted by Gasteiger charge is 2.27. The van der Waals surface area contributed by atoms with E-state index in [2.05, 4.69) is 31.9 Å². The van der Waals surface area contributed by atoms with Crippen LogP contribution in [0.5, 0.6) is 11.5 Å². The zero-order chi connectivity index (χ0) is 15.4. The van der Waals surface area contributed by atoms with Crippen LogP contribution in [0.2, 0.25) is 0 Å². The Morgan fingerprint density at radius 3 is 2.29 bits per heavy atom. The van der Waals surface area contributed by atoms with Crippen molar-refractivity contribution in [2.24, 2.45) is 0 Å². The average Bonchev–Trinajstić information content (AvgIpc) is 2.53. The van der Waals surface area contributed by atoms with Crippen molar-refractivity contribution in [2.75, 3.05) is 7.11 Å². The maximum Gasteiger partial charge on any atom is 0.181 e. The van der Waals surface area contributed by atoms with Crippen molar-refractivity contribution in [2.45, 2.75) is 9.65 Å². The molecule has 2 aromatic carbocycles. The Balaban J connectivity index is 2.20. The summed E-state index contributed by atoms with van der Waals surface area (Å²) in [4.78, 5) is 11.7. The number of halogens is 2. The monoisotopic (exact) mass is 412 g/mol. The van der Waals surface area contributed by atoms with Gasteiger partial charge < -0.3 is 9.84 Å². The highest BCUT2D eigenvalue weighted by atomic mass is 79.9. The minimum atomic E-state index is -0.487. The van der Waals surface area contributed by atoms with Crippen LogP contribution in [0.1, 0.15) is 20.7 Å². The van der Waals surface area contributed by atoms with Crippen molar-refractivity contribution in [3.63, 3.8) is 0 Å². The molecule has 0 bridgehead atoms. The van der Waals surface area contributed by atoms with Gasteiger partial charge in [-0.2, -0.15) is 0 Å². The van der Waals surface area contributed by atoms with Crippen LogP contribution >= 0.6 is 31.9 Å². The van der Waals surface area contributed by atoms with Crippen molar-refractivity contribution in [3.05, 3.63) is 59.7 Å². The molecule has 110 valence electrons. The third-order valence-electron chi connectivity index (χ3n) is 3.11. The minimum absolute atomic E-state index is 0.0126. The van der Waals surface area contributed by atoms with Crippen molar-refractivity contribution >= 4 is 37.6 Å². The number of phenolic OH excluding ortho intramolecular Hbond substituents is 1. The molecule has 5 heteroatoms. The Labute approximate surface area is 140 Å². The van der Waals surface area contributed by atoms with Crippen LogP contribution < -0.4 is 4.74 Å². The summed E-state index contributed by atoms with van der Waals surface area (Å²) in [5, 5.41) is 9.78. The molecule has 0 aliphatic rings. The Morgan fingerprint density at radius 2 is 1.71 bits per heavy atom. The zero-order valence-corrected chi connectivity index (χ0v) is 14.5. The highest BCUT2D eigenvalue weighted by Crippen LogP contribution is 2.35. The molecule has 1 N–H and O–H groups in total. The first kappa shape index (κ1) is 16.0. The lowest BCUT2D eigenvalue weighted by Gasteiger charge is -2.17. The third-order valence-corrected chi connectivity index (χ3v) is 5.82. The minimum Gasteiger partial charge on any atom is -0.507 e. The number of rotatable bonds is 5. The molecular formula is C16H14Br2O3. The van der Waals surface area contributed by atoms with Crippen LogP contribution in [-0.4, -0.2) is 22.8 Å². The molecule has 3 nitrogen and oxygen atoms in total. The van der Waals surface area contributed by atoms with Gasteiger partial charge in [-0.15, -0.1) is 0 Å². The molecule has 0 heterocycles. The average molecular weight is 414 g/mol. The molecule has 0 aromatic heterocycles. The molecule has 2 rings (SSSR count). The summed E-state index contributed by atoms with van der Waals surface area (Å²) < 4.78 is 5.11. The maximum atomic E-state index is 12.4. The smallest absolute Gasteiger partial charge is 0.181 e. The van der Waals surface area contributed by atoms with E-state index >= 15 is 0 Å². The van der Waals surface area contributed by atoms with Crippen molar-refractivity contribution in [3.8, 4) is 11.5 Å². The Kier molecular flexibility index (Phi) is 5.42. The predicted octanol–water partition coefficient (Wildman–Crippen LogP) is 4.48. The fourth-order valence-corrected chi connectivity index (χ4v) is 3.02. The number of Topliss-reactive ketones (excluding diaryl/α,β-unsaturated/α-hetero) is 1. The van der Waals surface area contributed by atoms with Crippen molar-refractivity contribution in [1.82, 2.24) is 0 Å². The lowest BCUT2D eigenvalue weighted by molar-refractivity contribution is 0.0988. The third kappa shape index (κ3) is 3.66. The van der Waals surface area contributed by atoms with E-state index in [1.54, 1.807) is 25.3 Å². The number of alkyl halides is 2. The van der Waals surface area contributed by atoms with Crippen LogP contribution in [0.25, 0.3) is 0 Å². The van der Waals surface area contributed by atoms with Crippen LogP contribution in [0, 0.1) is 0 Å². The van der Waals surface area contributed by atoms with E-state index in [1.807, 2.05) is 24.3 Å². The summed E-state index contributed by atoms with van der Waals surface area (Å²) in [6.45, 7) is 0. The Bertz CT molecular complexity index is 626. The first-order valence-corrected chi connectivity index (χ1v) is 8.12. The molecule has 0 saturated carbocycles. The molecule has 0 unspecified atom stereocenters. The molecule has 0 saturated heterocycles. The molecule has 0 radical (unpaired) electrons. The molecule has 2 aromatic rings. The summed E-state index contributed by atoms with van der Waals surface area (Å²) in [5.74, 6) is 0.573. The zero-order valence-electron chi connectivity index (χ0n) is 11.3. The normalized spacial score (nSPS) is 13.5. The SMILES string of the molecule is COc1ccc([C@@H](Br)[C@H](Br)C(=O)c2ccccc2O)cc1. The number of hydrogen-bond acceptors (Lipinski definition) is 3. The van der Waals surface area contributed by atoms with Gasteiger partial charge in [0.05, 0.1) is 22.3 Å². The van der Waals surface area contributed by atoms with Crippen molar-refractivity contribution < 1.29 is 14.6 Å². The number of para-hydroxylation sites is 1. The first-order valence-electron chi connectivity index (χ1n) is 6.29. The van der Waals surface area contributed by atoms with Gasteiger partial charge in [-0.1, -0.05) is 56.1 Å². The lowest BCUT2D eigenvalue weighted by Crippen LogP contribution is -2.19. The molecule has 0 spiro atoms. The van der Waals surface area contributed by atoms with Gasteiger partial charge in [0, 0.05) is 0 Å². The van der Waals surface area contributed by atoms with E-state index in [0.717, 1.165) is 11.3 Å². The lowest BCUT2D eigenvalue weighted by atomic mass is 10.0. The van der Waals surface area contributed by atoms with Crippen LogP contribution in [0.3, 0.4) is 0 Å².